The molecule has 0 bridgehead atoms. The number of halogens is 1. The number of aryl methyl sites for hydroxylation is 2. The van der Waals surface area contributed by atoms with Gasteiger partial charge >= 0.3 is 0 Å². The second-order valence-electron chi connectivity index (χ2n) is 5.39. The molecule has 6 heteroatoms. The summed E-state index contributed by atoms with van der Waals surface area (Å²) in [5.74, 6) is 0.789. The van der Waals surface area contributed by atoms with E-state index in [0.29, 0.717) is 5.02 Å². The molecule has 0 saturated heterocycles. The van der Waals surface area contributed by atoms with Gasteiger partial charge in [-0.05, 0) is 49.7 Å². The van der Waals surface area contributed by atoms with Crippen LogP contribution in [0.4, 0.5) is 11.5 Å². The summed E-state index contributed by atoms with van der Waals surface area (Å²) in [5, 5.41) is 4.05. The van der Waals surface area contributed by atoms with Crippen LogP contribution in [0.3, 0.4) is 0 Å². The first-order valence-electron chi connectivity index (χ1n) is 7.16. The lowest BCUT2D eigenvalue weighted by atomic mass is 10.2. The number of hydrogen-bond donors (Lipinski definition) is 1. The Morgan fingerprint density at radius 3 is 2.57 bits per heavy atom. The second kappa shape index (κ2) is 5.44. The third-order valence-electron chi connectivity index (χ3n) is 3.63. The van der Waals surface area contributed by atoms with Crippen molar-refractivity contribution in [3.05, 3.63) is 52.9 Å². The van der Waals surface area contributed by atoms with E-state index in [4.69, 9.17) is 11.6 Å². The molecule has 4 rings (SSSR count). The van der Waals surface area contributed by atoms with Gasteiger partial charge in [0.05, 0.1) is 9.40 Å². The molecule has 0 radical (unpaired) electrons. The molecule has 3 aromatic heterocycles. The maximum absolute atomic E-state index is 5.94. The van der Waals surface area contributed by atoms with E-state index in [1.54, 1.807) is 17.7 Å². The lowest BCUT2D eigenvalue weighted by Crippen LogP contribution is -1.94. The zero-order chi connectivity index (χ0) is 16.0. The molecule has 4 nitrogen and oxygen atoms in total. The summed E-state index contributed by atoms with van der Waals surface area (Å²) in [4.78, 5) is 13.5. The Morgan fingerprint density at radius 2 is 1.78 bits per heavy atom. The third kappa shape index (κ3) is 2.52. The predicted octanol–water partition coefficient (Wildman–Crippen LogP) is 5.25. The number of nitrogens with zero attached hydrogens (tertiary/aromatic N) is 3. The minimum atomic E-state index is 0.709. The SMILES string of the molecule is Cc1cc(C)c2sc3c(Nc4ccc(Cl)cc4)ncnc3c2n1. The van der Waals surface area contributed by atoms with Crippen molar-refractivity contribution < 1.29 is 0 Å². The van der Waals surface area contributed by atoms with Gasteiger partial charge in [-0.15, -0.1) is 11.3 Å². The summed E-state index contributed by atoms with van der Waals surface area (Å²) < 4.78 is 2.17. The highest BCUT2D eigenvalue weighted by molar-refractivity contribution is 7.26. The summed E-state index contributed by atoms with van der Waals surface area (Å²) in [6.07, 6.45) is 1.58. The normalized spacial score (nSPS) is 11.3. The number of anilines is 2. The van der Waals surface area contributed by atoms with Gasteiger partial charge in [-0.2, -0.15) is 0 Å². The molecule has 0 unspecified atom stereocenters. The van der Waals surface area contributed by atoms with E-state index >= 15 is 0 Å². The van der Waals surface area contributed by atoms with Crippen molar-refractivity contribution >= 4 is 54.9 Å². The Kier molecular flexibility index (Phi) is 3.39. The number of pyridine rings is 1. The zero-order valence-electron chi connectivity index (χ0n) is 12.6. The summed E-state index contributed by atoms with van der Waals surface area (Å²) in [5.41, 5.74) is 4.99. The van der Waals surface area contributed by atoms with E-state index in [-0.39, 0.29) is 0 Å². The summed E-state index contributed by atoms with van der Waals surface area (Å²) >= 11 is 7.61. The molecule has 0 aliphatic rings. The quantitative estimate of drug-likeness (QED) is 0.541. The number of thiophene rings is 1. The van der Waals surface area contributed by atoms with Gasteiger partial charge in [0.1, 0.15) is 17.4 Å². The first-order chi connectivity index (χ1) is 11.1. The number of hydrogen-bond acceptors (Lipinski definition) is 5. The van der Waals surface area contributed by atoms with Crippen LogP contribution in [0.25, 0.3) is 20.4 Å². The van der Waals surface area contributed by atoms with Crippen LogP contribution in [0, 0.1) is 13.8 Å². The van der Waals surface area contributed by atoms with Crippen LogP contribution in [0.2, 0.25) is 5.02 Å². The minimum absolute atomic E-state index is 0.709. The maximum Gasteiger partial charge on any atom is 0.151 e. The fourth-order valence-corrected chi connectivity index (χ4v) is 3.85. The fraction of sp³-hybridized carbons (Fsp3) is 0.118. The van der Waals surface area contributed by atoms with Crippen LogP contribution >= 0.6 is 22.9 Å². The van der Waals surface area contributed by atoms with Crippen LogP contribution in [0.15, 0.2) is 36.7 Å². The van der Waals surface area contributed by atoms with Gasteiger partial charge in [0.2, 0.25) is 0 Å². The van der Waals surface area contributed by atoms with Crippen molar-refractivity contribution in [1.29, 1.82) is 0 Å². The van der Waals surface area contributed by atoms with Crippen LogP contribution in [0.5, 0.6) is 0 Å². The average molecular weight is 341 g/mol. The maximum atomic E-state index is 5.94. The monoisotopic (exact) mass is 340 g/mol. The lowest BCUT2D eigenvalue weighted by Gasteiger charge is -2.05. The Morgan fingerprint density at radius 1 is 1.00 bits per heavy atom. The Bertz CT molecular complexity index is 1020. The Labute approximate surface area is 142 Å². The van der Waals surface area contributed by atoms with Crippen molar-refractivity contribution in [2.45, 2.75) is 13.8 Å². The molecule has 4 aromatic rings. The third-order valence-corrected chi connectivity index (χ3v) is 5.19. The minimum Gasteiger partial charge on any atom is -0.339 e. The predicted molar refractivity (Wildman–Crippen MR) is 96.9 cm³/mol. The van der Waals surface area contributed by atoms with Crippen molar-refractivity contribution in [2.75, 3.05) is 5.32 Å². The Hall–Kier alpha value is -2.24. The average Bonchev–Trinajstić information content (AvgIpc) is 2.90. The molecule has 0 spiro atoms. The number of aromatic nitrogens is 3. The number of nitrogens with one attached hydrogen (secondary N) is 1. The van der Waals surface area contributed by atoms with Gasteiger partial charge in [-0.1, -0.05) is 11.6 Å². The summed E-state index contributed by atoms with van der Waals surface area (Å²) in [6, 6.07) is 9.65. The highest BCUT2D eigenvalue weighted by Gasteiger charge is 2.14. The van der Waals surface area contributed by atoms with E-state index in [0.717, 1.165) is 37.6 Å². The van der Waals surface area contributed by atoms with Crippen molar-refractivity contribution in [3.63, 3.8) is 0 Å². The molecule has 0 aliphatic carbocycles. The van der Waals surface area contributed by atoms with Gasteiger partial charge < -0.3 is 5.32 Å². The molecule has 114 valence electrons. The lowest BCUT2D eigenvalue weighted by molar-refractivity contribution is 1.21. The van der Waals surface area contributed by atoms with Crippen molar-refractivity contribution in [2.24, 2.45) is 0 Å². The zero-order valence-corrected chi connectivity index (χ0v) is 14.2. The van der Waals surface area contributed by atoms with Crippen LogP contribution < -0.4 is 5.32 Å². The number of rotatable bonds is 2. The van der Waals surface area contributed by atoms with E-state index < -0.39 is 0 Å². The van der Waals surface area contributed by atoms with E-state index in [9.17, 15) is 0 Å². The molecule has 0 fully saturated rings. The first-order valence-corrected chi connectivity index (χ1v) is 8.35. The van der Waals surface area contributed by atoms with E-state index in [1.807, 2.05) is 31.2 Å². The molecule has 0 saturated carbocycles. The van der Waals surface area contributed by atoms with Gasteiger partial charge in [-0.3, -0.25) is 0 Å². The fourth-order valence-electron chi connectivity index (χ4n) is 2.61. The van der Waals surface area contributed by atoms with Gasteiger partial charge in [0.15, 0.2) is 5.82 Å². The highest BCUT2D eigenvalue weighted by Crippen LogP contribution is 2.37. The molecule has 23 heavy (non-hydrogen) atoms. The molecule has 1 N–H and O–H groups in total. The summed E-state index contributed by atoms with van der Waals surface area (Å²) in [7, 11) is 0. The molecule has 0 aliphatic heterocycles. The number of fused-ring (bicyclic) bond motifs is 3. The molecular weight excluding hydrogens is 328 g/mol. The highest BCUT2D eigenvalue weighted by atomic mass is 35.5. The largest absolute Gasteiger partial charge is 0.339 e. The van der Waals surface area contributed by atoms with Gasteiger partial charge in [-0.25, -0.2) is 15.0 Å². The van der Waals surface area contributed by atoms with E-state index in [2.05, 4.69) is 33.3 Å². The van der Waals surface area contributed by atoms with Crippen molar-refractivity contribution in [1.82, 2.24) is 15.0 Å². The van der Waals surface area contributed by atoms with Crippen LogP contribution in [0.1, 0.15) is 11.3 Å². The summed E-state index contributed by atoms with van der Waals surface area (Å²) in [6.45, 7) is 4.11. The topological polar surface area (TPSA) is 50.7 Å². The smallest absolute Gasteiger partial charge is 0.151 e. The molecule has 1 aromatic carbocycles. The van der Waals surface area contributed by atoms with Crippen molar-refractivity contribution in [3.8, 4) is 0 Å². The molecular formula is C17H13ClN4S. The van der Waals surface area contributed by atoms with Crippen LogP contribution in [-0.2, 0) is 0 Å². The second-order valence-corrected chi connectivity index (χ2v) is 6.85. The first kappa shape index (κ1) is 14.4. The van der Waals surface area contributed by atoms with E-state index in [1.165, 1.54) is 5.56 Å². The Balaban J connectivity index is 1.90. The number of benzene rings is 1. The van der Waals surface area contributed by atoms with Gasteiger partial charge in [0, 0.05) is 16.4 Å². The molecule has 0 atom stereocenters. The standard InChI is InChI=1S/C17H13ClN4S/c1-9-7-10(2)21-14-13-16(23-15(9)14)17(20-8-19-13)22-12-5-3-11(18)4-6-12/h3-8H,1-2H3,(H,19,20,22). The van der Waals surface area contributed by atoms with Gasteiger partial charge in [0.25, 0.3) is 0 Å². The van der Waals surface area contributed by atoms with Crippen LogP contribution in [-0.4, -0.2) is 15.0 Å². The molecule has 3 heterocycles. The molecule has 0 amide bonds.